The molecule has 1 aromatic heterocycles. The van der Waals surface area contributed by atoms with Crippen molar-refractivity contribution in [2.75, 3.05) is 11.9 Å². The van der Waals surface area contributed by atoms with E-state index in [1.54, 1.807) is 0 Å². The molecular formula is C12H20N4O. The Kier molecular flexibility index (Phi) is 4.87. The van der Waals surface area contributed by atoms with Crippen molar-refractivity contribution in [1.82, 2.24) is 15.3 Å². The van der Waals surface area contributed by atoms with Gasteiger partial charge in [-0.15, -0.1) is 0 Å². The zero-order valence-electron chi connectivity index (χ0n) is 10.9. The summed E-state index contributed by atoms with van der Waals surface area (Å²) < 4.78 is 0. The van der Waals surface area contributed by atoms with Crippen molar-refractivity contribution >= 4 is 11.9 Å². The summed E-state index contributed by atoms with van der Waals surface area (Å²) in [6.07, 6.45) is 0.425. The summed E-state index contributed by atoms with van der Waals surface area (Å²) in [5, 5.41) is 5.88. The van der Waals surface area contributed by atoms with Gasteiger partial charge in [0.2, 0.25) is 11.9 Å². The average Bonchev–Trinajstić information content (AvgIpc) is 2.14. The Hall–Kier alpha value is -1.65. The van der Waals surface area contributed by atoms with E-state index in [2.05, 4.69) is 20.6 Å². The summed E-state index contributed by atoms with van der Waals surface area (Å²) in [7, 11) is 0. The number of carbonyl (C=O) groups is 1. The van der Waals surface area contributed by atoms with Crippen molar-refractivity contribution < 1.29 is 4.79 Å². The maximum atomic E-state index is 11.4. The fourth-order valence-electron chi connectivity index (χ4n) is 1.49. The van der Waals surface area contributed by atoms with Gasteiger partial charge in [-0.05, 0) is 33.8 Å². The van der Waals surface area contributed by atoms with Crippen molar-refractivity contribution in [3.63, 3.8) is 0 Å². The third kappa shape index (κ3) is 5.29. The maximum Gasteiger partial charge on any atom is 0.223 e. The number of rotatable bonds is 5. The summed E-state index contributed by atoms with van der Waals surface area (Å²) in [6.45, 7) is 8.27. The third-order valence-electron chi connectivity index (χ3n) is 2.07. The Morgan fingerprint density at radius 3 is 2.41 bits per heavy atom. The Balaban J connectivity index is 2.38. The molecule has 0 aliphatic heterocycles. The van der Waals surface area contributed by atoms with Gasteiger partial charge in [-0.2, -0.15) is 0 Å². The van der Waals surface area contributed by atoms with E-state index in [9.17, 15) is 4.79 Å². The minimum Gasteiger partial charge on any atom is -0.354 e. The van der Waals surface area contributed by atoms with E-state index in [0.29, 0.717) is 18.9 Å². The van der Waals surface area contributed by atoms with Crippen LogP contribution in [0.4, 0.5) is 5.95 Å². The van der Waals surface area contributed by atoms with Gasteiger partial charge in [0.15, 0.2) is 0 Å². The van der Waals surface area contributed by atoms with Crippen molar-refractivity contribution in [2.45, 2.75) is 40.2 Å². The SMILES string of the molecule is Cc1cc(C)nc(NCCC(=O)NC(C)C)n1. The molecule has 0 bridgehead atoms. The highest BCUT2D eigenvalue weighted by molar-refractivity contribution is 5.76. The topological polar surface area (TPSA) is 66.9 Å². The lowest BCUT2D eigenvalue weighted by Gasteiger charge is -2.09. The molecule has 0 spiro atoms. The predicted molar refractivity (Wildman–Crippen MR) is 67.9 cm³/mol. The normalized spacial score (nSPS) is 10.4. The molecule has 0 aliphatic carbocycles. The monoisotopic (exact) mass is 236 g/mol. The number of aromatic nitrogens is 2. The first-order valence-electron chi connectivity index (χ1n) is 5.83. The number of hydrogen-bond acceptors (Lipinski definition) is 4. The maximum absolute atomic E-state index is 11.4. The van der Waals surface area contributed by atoms with E-state index in [4.69, 9.17) is 0 Å². The standard InChI is InChI=1S/C12H20N4O/c1-8(2)14-11(17)5-6-13-12-15-9(3)7-10(4)16-12/h7-8H,5-6H2,1-4H3,(H,14,17)(H,13,15,16). The van der Waals surface area contributed by atoms with Gasteiger partial charge in [-0.3, -0.25) is 4.79 Å². The Bertz CT molecular complexity index is 370. The lowest BCUT2D eigenvalue weighted by Crippen LogP contribution is -2.31. The van der Waals surface area contributed by atoms with Gasteiger partial charge in [0.25, 0.3) is 0 Å². The van der Waals surface area contributed by atoms with Gasteiger partial charge >= 0.3 is 0 Å². The van der Waals surface area contributed by atoms with Gasteiger partial charge in [0.05, 0.1) is 0 Å². The quantitative estimate of drug-likeness (QED) is 0.811. The van der Waals surface area contributed by atoms with Crippen molar-refractivity contribution in [2.24, 2.45) is 0 Å². The van der Waals surface area contributed by atoms with Crippen molar-refractivity contribution in [3.05, 3.63) is 17.5 Å². The minimum atomic E-state index is 0.0388. The number of nitrogens with one attached hydrogen (secondary N) is 2. The molecule has 5 heteroatoms. The van der Waals surface area contributed by atoms with Crippen LogP contribution in [0.3, 0.4) is 0 Å². The second kappa shape index (κ2) is 6.18. The number of hydrogen-bond donors (Lipinski definition) is 2. The second-order valence-electron chi connectivity index (χ2n) is 4.37. The van der Waals surface area contributed by atoms with Crippen LogP contribution >= 0.6 is 0 Å². The van der Waals surface area contributed by atoms with Crippen LogP contribution in [0.1, 0.15) is 31.7 Å². The molecule has 1 amide bonds. The second-order valence-corrected chi connectivity index (χ2v) is 4.37. The van der Waals surface area contributed by atoms with E-state index >= 15 is 0 Å². The van der Waals surface area contributed by atoms with Gasteiger partial charge in [-0.1, -0.05) is 0 Å². The molecule has 2 N–H and O–H groups in total. The zero-order chi connectivity index (χ0) is 12.8. The number of aryl methyl sites for hydroxylation is 2. The van der Waals surface area contributed by atoms with Crippen molar-refractivity contribution in [3.8, 4) is 0 Å². The number of carbonyl (C=O) groups excluding carboxylic acids is 1. The number of nitrogens with zero attached hydrogens (tertiary/aromatic N) is 2. The van der Waals surface area contributed by atoms with Crippen molar-refractivity contribution in [1.29, 1.82) is 0 Å². The Morgan fingerprint density at radius 1 is 1.29 bits per heavy atom. The Labute approximate surface area is 102 Å². The highest BCUT2D eigenvalue weighted by Crippen LogP contribution is 2.03. The van der Waals surface area contributed by atoms with Crippen LogP contribution in [-0.4, -0.2) is 28.5 Å². The summed E-state index contributed by atoms with van der Waals surface area (Å²) >= 11 is 0. The minimum absolute atomic E-state index is 0.0388. The van der Waals surface area contributed by atoms with Crippen LogP contribution in [0.2, 0.25) is 0 Å². The molecule has 94 valence electrons. The molecule has 0 aliphatic rings. The van der Waals surface area contributed by atoms with E-state index in [0.717, 1.165) is 11.4 Å². The van der Waals surface area contributed by atoms with Crippen LogP contribution in [0, 0.1) is 13.8 Å². The smallest absolute Gasteiger partial charge is 0.223 e. The Morgan fingerprint density at radius 2 is 1.88 bits per heavy atom. The lowest BCUT2D eigenvalue weighted by molar-refractivity contribution is -0.121. The molecule has 0 fully saturated rings. The molecule has 5 nitrogen and oxygen atoms in total. The lowest BCUT2D eigenvalue weighted by atomic mass is 10.3. The highest BCUT2D eigenvalue weighted by Gasteiger charge is 2.03. The van der Waals surface area contributed by atoms with E-state index < -0.39 is 0 Å². The van der Waals surface area contributed by atoms with Crippen LogP contribution in [0.5, 0.6) is 0 Å². The summed E-state index contributed by atoms with van der Waals surface area (Å²) in [5.41, 5.74) is 1.85. The highest BCUT2D eigenvalue weighted by atomic mass is 16.1. The predicted octanol–water partition coefficient (Wildman–Crippen LogP) is 1.42. The van der Waals surface area contributed by atoms with Gasteiger partial charge in [0, 0.05) is 30.4 Å². The van der Waals surface area contributed by atoms with Crippen LogP contribution in [0.15, 0.2) is 6.07 Å². The summed E-state index contributed by atoms with van der Waals surface area (Å²) in [6, 6.07) is 2.09. The molecule has 0 aromatic carbocycles. The number of amides is 1. The first kappa shape index (κ1) is 13.4. The van der Waals surface area contributed by atoms with Gasteiger partial charge in [0.1, 0.15) is 0 Å². The summed E-state index contributed by atoms with van der Waals surface area (Å²) in [5.74, 6) is 0.622. The van der Waals surface area contributed by atoms with Crippen LogP contribution < -0.4 is 10.6 Å². The molecule has 0 atom stereocenters. The largest absolute Gasteiger partial charge is 0.354 e. The first-order valence-corrected chi connectivity index (χ1v) is 5.83. The van der Waals surface area contributed by atoms with E-state index in [1.807, 2.05) is 33.8 Å². The molecule has 1 aromatic rings. The molecule has 0 unspecified atom stereocenters. The van der Waals surface area contributed by atoms with E-state index in [1.165, 1.54) is 0 Å². The fraction of sp³-hybridized carbons (Fsp3) is 0.583. The fourth-order valence-corrected chi connectivity index (χ4v) is 1.49. The molecule has 0 saturated heterocycles. The van der Waals surface area contributed by atoms with Crippen LogP contribution in [-0.2, 0) is 4.79 Å². The number of anilines is 1. The molecule has 0 saturated carbocycles. The first-order chi connectivity index (χ1) is 7.97. The van der Waals surface area contributed by atoms with Gasteiger partial charge in [-0.25, -0.2) is 9.97 Å². The van der Waals surface area contributed by atoms with E-state index in [-0.39, 0.29) is 11.9 Å². The molecular weight excluding hydrogens is 216 g/mol. The molecule has 1 rings (SSSR count). The van der Waals surface area contributed by atoms with Gasteiger partial charge < -0.3 is 10.6 Å². The molecule has 1 heterocycles. The van der Waals surface area contributed by atoms with Crippen LogP contribution in [0.25, 0.3) is 0 Å². The molecule has 0 radical (unpaired) electrons. The molecule has 17 heavy (non-hydrogen) atoms. The third-order valence-corrected chi connectivity index (χ3v) is 2.07. The zero-order valence-corrected chi connectivity index (χ0v) is 10.9. The summed E-state index contributed by atoms with van der Waals surface area (Å²) in [4.78, 5) is 19.9. The average molecular weight is 236 g/mol.